The van der Waals surface area contributed by atoms with Gasteiger partial charge in [-0.3, -0.25) is 4.79 Å². The second kappa shape index (κ2) is 9.76. The Labute approximate surface area is 224 Å². The Morgan fingerprint density at radius 3 is 2.24 bits per heavy atom. The van der Waals surface area contributed by atoms with Crippen molar-refractivity contribution in [3.63, 3.8) is 0 Å². The zero-order chi connectivity index (χ0) is 26.4. The van der Waals surface area contributed by atoms with E-state index in [0.29, 0.717) is 6.42 Å². The lowest BCUT2D eigenvalue weighted by Gasteiger charge is -2.57. The van der Waals surface area contributed by atoms with Crippen molar-refractivity contribution in [3.05, 3.63) is 65.7 Å². The molecule has 5 heteroatoms. The molecule has 4 aliphatic rings. The number of carboxylic acids is 1. The number of amides is 1. The van der Waals surface area contributed by atoms with Gasteiger partial charge in [0.15, 0.2) is 6.10 Å². The van der Waals surface area contributed by atoms with Crippen LogP contribution in [0.25, 0.3) is 21.9 Å². The highest BCUT2D eigenvalue weighted by Gasteiger charge is 2.52. The Morgan fingerprint density at radius 2 is 1.66 bits per heavy atom. The predicted molar refractivity (Wildman–Crippen MR) is 149 cm³/mol. The Bertz CT molecular complexity index is 1340. The van der Waals surface area contributed by atoms with Crippen LogP contribution in [-0.4, -0.2) is 23.1 Å². The van der Waals surface area contributed by atoms with Gasteiger partial charge in [-0.1, -0.05) is 43.7 Å². The molecule has 0 spiro atoms. The summed E-state index contributed by atoms with van der Waals surface area (Å²) in [6.07, 6.45) is 9.49. The van der Waals surface area contributed by atoms with Gasteiger partial charge in [0.25, 0.3) is 5.91 Å². The average molecular weight is 512 g/mol. The standard InChI is InChI=1S/C33H37NO4/c1-2-3-7-29(31(34)35)38-30-15-25-5-4-6-26(23-8-10-24(11-9-23)32(36)37)27(25)16-28(30)33-17-20-12-21(18-33)14-22(13-20)19-33/h4-6,8-11,15-16,20-22,29H,2-3,7,12-14,17-19H2,1H3,(H2,34,35)(H,36,37). The number of nitrogens with two attached hydrogens (primary N) is 1. The van der Waals surface area contributed by atoms with Crippen LogP contribution in [-0.2, 0) is 10.2 Å². The highest BCUT2D eigenvalue weighted by Crippen LogP contribution is 2.62. The molecule has 0 radical (unpaired) electrons. The molecule has 1 unspecified atom stereocenters. The second-order valence-corrected chi connectivity index (χ2v) is 12.1. The van der Waals surface area contributed by atoms with Crippen LogP contribution in [0, 0.1) is 17.8 Å². The summed E-state index contributed by atoms with van der Waals surface area (Å²) in [5, 5.41) is 11.5. The number of hydrogen-bond donors (Lipinski definition) is 2. The Hall–Kier alpha value is -3.34. The van der Waals surface area contributed by atoms with Crippen LogP contribution in [0.15, 0.2) is 54.6 Å². The Balaban J connectivity index is 1.50. The normalized spacial score (nSPS) is 26.4. The van der Waals surface area contributed by atoms with Crippen molar-refractivity contribution in [1.82, 2.24) is 0 Å². The molecular formula is C33H37NO4. The largest absolute Gasteiger partial charge is 0.480 e. The quantitative estimate of drug-likeness (QED) is 0.321. The van der Waals surface area contributed by atoms with Gasteiger partial charge in [0.1, 0.15) is 5.75 Å². The summed E-state index contributed by atoms with van der Waals surface area (Å²) < 4.78 is 6.55. The lowest BCUT2D eigenvalue weighted by Crippen LogP contribution is -2.48. The zero-order valence-corrected chi connectivity index (χ0v) is 22.1. The van der Waals surface area contributed by atoms with Gasteiger partial charge < -0.3 is 15.6 Å². The van der Waals surface area contributed by atoms with Crippen molar-refractivity contribution in [2.24, 2.45) is 23.5 Å². The molecule has 0 saturated heterocycles. The maximum Gasteiger partial charge on any atom is 0.335 e. The first-order valence-electron chi connectivity index (χ1n) is 14.2. The van der Waals surface area contributed by atoms with E-state index in [4.69, 9.17) is 10.5 Å². The third-order valence-corrected chi connectivity index (χ3v) is 9.44. The fourth-order valence-electron chi connectivity index (χ4n) is 8.10. The van der Waals surface area contributed by atoms with E-state index in [1.807, 2.05) is 18.2 Å². The average Bonchev–Trinajstić information content (AvgIpc) is 2.89. The van der Waals surface area contributed by atoms with Gasteiger partial charge in [-0.15, -0.1) is 0 Å². The molecule has 5 nitrogen and oxygen atoms in total. The Morgan fingerprint density at radius 1 is 1.00 bits per heavy atom. The van der Waals surface area contributed by atoms with Crippen molar-refractivity contribution >= 4 is 22.6 Å². The van der Waals surface area contributed by atoms with Gasteiger partial charge in [0, 0.05) is 5.56 Å². The van der Waals surface area contributed by atoms with E-state index in [0.717, 1.165) is 58.2 Å². The number of primary amides is 1. The minimum atomic E-state index is -0.924. The fourth-order valence-corrected chi connectivity index (χ4v) is 8.10. The highest BCUT2D eigenvalue weighted by atomic mass is 16.5. The molecule has 4 saturated carbocycles. The molecule has 38 heavy (non-hydrogen) atoms. The lowest BCUT2D eigenvalue weighted by atomic mass is 9.48. The van der Waals surface area contributed by atoms with Crippen LogP contribution in [0.4, 0.5) is 0 Å². The van der Waals surface area contributed by atoms with Crippen LogP contribution in [0.3, 0.4) is 0 Å². The Kier molecular flexibility index (Phi) is 6.41. The maximum atomic E-state index is 12.4. The van der Waals surface area contributed by atoms with Crippen molar-refractivity contribution in [2.45, 2.75) is 76.2 Å². The topological polar surface area (TPSA) is 89.6 Å². The molecule has 1 amide bonds. The molecule has 3 N–H and O–H groups in total. The van der Waals surface area contributed by atoms with Crippen LogP contribution >= 0.6 is 0 Å². The van der Waals surface area contributed by atoms with Gasteiger partial charge in [0.05, 0.1) is 5.56 Å². The number of carbonyl (C=O) groups excluding carboxylic acids is 1. The molecular weight excluding hydrogens is 474 g/mol. The van der Waals surface area contributed by atoms with Crippen molar-refractivity contribution in [1.29, 1.82) is 0 Å². The van der Waals surface area contributed by atoms with Gasteiger partial charge in [-0.05, 0) is 121 Å². The summed E-state index contributed by atoms with van der Waals surface area (Å²) in [5.41, 5.74) is 9.48. The molecule has 7 rings (SSSR count). The third-order valence-electron chi connectivity index (χ3n) is 9.44. The number of hydrogen-bond acceptors (Lipinski definition) is 3. The number of benzene rings is 3. The summed E-state index contributed by atoms with van der Waals surface area (Å²) in [5.74, 6) is 1.81. The molecule has 3 aromatic rings. The van der Waals surface area contributed by atoms with Crippen molar-refractivity contribution in [3.8, 4) is 16.9 Å². The summed E-state index contributed by atoms with van der Waals surface area (Å²) in [7, 11) is 0. The van der Waals surface area contributed by atoms with E-state index in [2.05, 4.69) is 31.2 Å². The smallest absolute Gasteiger partial charge is 0.335 e. The predicted octanol–water partition coefficient (Wildman–Crippen LogP) is 7.10. The van der Waals surface area contributed by atoms with E-state index in [9.17, 15) is 14.7 Å². The number of fused-ring (bicyclic) bond motifs is 1. The molecule has 3 aromatic carbocycles. The minimum absolute atomic E-state index is 0.0749. The van der Waals surface area contributed by atoms with E-state index in [1.54, 1.807) is 12.1 Å². The lowest BCUT2D eigenvalue weighted by molar-refractivity contribution is -0.125. The van der Waals surface area contributed by atoms with E-state index in [1.165, 1.54) is 44.1 Å². The third kappa shape index (κ3) is 4.46. The van der Waals surface area contributed by atoms with E-state index in [-0.39, 0.29) is 11.0 Å². The molecule has 0 aromatic heterocycles. The van der Waals surface area contributed by atoms with Gasteiger partial charge >= 0.3 is 5.97 Å². The van der Waals surface area contributed by atoms with Gasteiger partial charge in [-0.25, -0.2) is 4.79 Å². The molecule has 4 fully saturated rings. The maximum absolute atomic E-state index is 12.4. The van der Waals surface area contributed by atoms with Crippen molar-refractivity contribution in [2.75, 3.05) is 0 Å². The first-order valence-corrected chi connectivity index (χ1v) is 14.2. The van der Waals surface area contributed by atoms with Crippen LogP contribution < -0.4 is 10.5 Å². The number of carboxylic acid groups (broad SMARTS) is 1. The molecule has 4 aliphatic carbocycles. The molecule has 0 heterocycles. The first-order chi connectivity index (χ1) is 18.3. The first kappa shape index (κ1) is 25.0. The summed E-state index contributed by atoms with van der Waals surface area (Å²) in [6, 6.07) is 17.8. The number of aromatic carboxylic acids is 1. The molecule has 198 valence electrons. The van der Waals surface area contributed by atoms with Crippen LogP contribution in [0.2, 0.25) is 0 Å². The van der Waals surface area contributed by atoms with E-state index >= 15 is 0 Å². The minimum Gasteiger partial charge on any atom is -0.480 e. The number of ether oxygens (including phenoxy) is 1. The number of rotatable bonds is 9. The highest BCUT2D eigenvalue weighted by molar-refractivity contribution is 5.99. The van der Waals surface area contributed by atoms with Gasteiger partial charge in [0.2, 0.25) is 0 Å². The number of carbonyl (C=O) groups is 2. The van der Waals surface area contributed by atoms with E-state index < -0.39 is 18.0 Å². The molecule has 1 atom stereocenters. The second-order valence-electron chi connectivity index (χ2n) is 12.1. The number of unbranched alkanes of at least 4 members (excludes halogenated alkanes) is 1. The summed E-state index contributed by atoms with van der Waals surface area (Å²) in [6.45, 7) is 2.11. The fraction of sp³-hybridized carbons (Fsp3) is 0.455. The zero-order valence-electron chi connectivity index (χ0n) is 22.1. The monoisotopic (exact) mass is 511 g/mol. The van der Waals surface area contributed by atoms with Gasteiger partial charge in [-0.2, -0.15) is 0 Å². The molecule has 4 bridgehead atoms. The van der Waals surface area contributed by atoms with Crippen molar-refractivity contribution < 1.29 is 19.4 Å². The van der Waals surface area contributed by atoms with Crippen LogP contribution in [0.1, 0.15) is 80.6 Å². The SMILES string of the molecule is CCCCC(Oc1cc2cccc(-c3ccc(C(=O)O)cc3)c2cc1C12CC3CC(CC(C3)C1)C2)C(N)=O. The molecule has 0 aliphatic heterocycles. The van der Waals surface area contributed by atoms with Crippen LogP contribution in [0.5, 0.6) is 5.75 Å². The summed E-state index contributed by atoms with van der Waals surface area (Å²) in [4.78, 5) is 23.8. The summed E-state index contributed by atoms with van der Waals surface area (Å²) >= 11 is 0.